The lowest BCUT2D eigenvalue weighted by atomic mass is 10.0. The summed E-state index contributed by atoms with van der Waals surface area (Å²) in [5, 5.41) is 3.57. The van der Waals surface area contributed by atoms with Crippen LogP contribution in [0.4, 0.5) is 0 Å². The highest BCUT2D eigenvalue weighted by atomic mass is 16.3. The molecule has 1 radical (unpaired) electrons. The van der Waals surface area contributed by atoms with Gasteiger partial charge in [-0.2, -0.15) is 0 Å². The van der Waals surface area contributed by atoms with Crippen molar-refractivity contribution in [1.29, 1.82) is 0 Å². The van der Waals surface area contributed by atoms with Crippen LogP contribution >= 0.6 is 0 Å². The van der Waals surface area contributed by atoms with E-state index in [0.717, 1.165) is 16.5 Å². The molecule has 0 fully saturated rings. The quantitative estimate of drug-likeness (QED) is 0.514. The molecule has 3 rings (SSSR count). The molecule has 0 saturated carbocycles. The van der Waals surface area contributed by atoms with E-state index in [0.29, 0.717) is 0 Å². The standard InChI is InChI=1S/C13H9O/c1-9-8-14-12-7-6-10-4-2-3-5-11(10)13(9)12/h2-8H,1H2. The summed E-state index contributed by atoms with van der Waals surface area (Å²) in [5.41, 5.74) is 1.87. The minimum absolute atomic E-state index is 0.911. The number of hydrogen-bond donors (Lipinski definition) is 0. The van der Waals surface area contributed by atoms with Crippen molar-refractivity contribution in [2.45, 2.75) is 0 Å². The summed E-state index contributed by atoms with van der Waals surface area (Å²) in [7, 11) is 0. The normalized spacial score (nSPS) is 11.2. The van der Waals surface area contributed by atoms with Crippen molar-refractivity contribution < 1.29 is 4.42 Å². The Hall–Kier alpha value is -1.76. The van der Waals surface area contributed by atoms with Gasteiger partial charge in [-0.05, 0) is 29.3 Å². The minimum atomic E-state index is 0.911. The van der Waals surface area contributed by atoms with Crippen LogP contribution in [0, 0.1) is 6.92 Å². The molecule has 2 aromatic carbocycles. The second-order valence-electron chi connectivity index (χ2n) is 3.42. The molecule has 0 saturated heterocycles. The maximum absolute atomic E-state index is 5.39. The van der Waals surface area contributed by atoms with E-state index in [-0.39, 0.29) is 0 Å². The molecular formula is C13H9O. The van der Waals surface area contributed by atoms with E-state index < -0.39 is 0 Å². The summed E-state index contributed by atoms with van der Waals surface area (Å²) in [6, 6.07) is 12.3. The SMILES string of the molecule is [CH2]c1coc2ccc3ccccc3c12. The summed E-state index contributed by atoms with van der Waals surface area (Å²) >= 11 is 0. The molecule has 0 atom stereocenters. The summed E-state index contributed by atoms with van der Waals surface area (Å²) in [6.07, 6.45) is 1.71. The van der Waals surface area contributed by atoms with Gasteiger partial charge in [0.1, 0.15) is 5.58 Å². The molecule has 1 heteroatoms. The minimum Gasteiger partial charge on any atom is -0.464 e. The van der Waals surface area contributed by atoms with Crippen LogP contribution in [0.25, 0.3) is 21.7 Å². The lowest BCUT2D eigenvalue weighted by Crippen LogP contribution is -1.74. The average molecular weight is 181 g/mol. The number of furan rings is 1. The molecule has 67 valence electrons. The maximum Gasteiger partial charge on any atom is 0.134 e. The molecule has 1 nitrogen and oxygen atoms in total. The van der Waals surface area contributed by atoms with Gasteiger partial charge in [0.05, 0.1) is 6.26 Å². The Balaban J connectivity index is 2.65. The molecule has 0 aliphatic carbocycles. The van der Waals surface area contributed by atoms with Crippen molar-refractivity contribution in [2.24, 2.45) is 0 Å². The van der Waals surface area contributed by atoms with Crippen LogP contribution in [0.2, 0.25) is 0 Å². The Morgan fingerprint density at radius 1 is 1.00 bits per heavy atom. The molecule has 0 unspecified atom stereocenters. The Morgan fingerprint density at radius 3 is 2.79 bits per heavy atom. The predicted molar refractivity (Wildman–Crippen MR) is 58.2 cm³/mol. The van der Waals surface area contributed by atoms with Crippen LogP contribution in [-0.2, 0) is 0 Å². The van der Waals surface area contributed by atoms with Gasteiger partial charge < -0.3 is 4.42 Å². The number of hydrogen-bond acceptors (Lipinski definition) is 1. The highest BCUT2D eigenvalue weighted by molar-refractivity contribution is 6.07. The van der Waals surface area contributed by atoms with Crippen LogP contribution < -0.4 is 0 Å². The Morgan fingerprint density at radius 2 is 1.86 bits per heavy atom. The first-order chi connectivity index (χ1) is 6.86. The molecule has 14 heavy (non-hydrogen) atoms. The third kappa shape index (κ3) is 0.896. The van der Waals surface area contributed by atoms with Gasteiger partial charge in [-0.3, -0.25) is 0 Å². The summed E-state index contributed by atoms with van der Waals surface area (Å²) < 4.78 is 5.39. The topological polar surface area (TPSA) is 13.1 Å². The lowest BCUT2D eigenvalue weighted by molar-refractivity contribution is 0.614. The van der Waals surface area contributed by atoms with E-state index in [1.165, 1.54) is 10.8 Å². The lowest BCUT2D eigenvalue weighted by Gasteiger charge is -1.98. The van der Waals surface area contributed by atoms with Crippen molar-refractivity contribution in [2.75, 3.05) is 0 Å². The monoisotopic (exact) mass is 181 g/mol. The van der Waals surface area contributed by atoms with Crippen LogP contribution in [0.3, 0.4) is 0 Å². The first kappa shape index (κ1) is 7.63. The number of fused-ring (bicyclic) bond motifs is 3. The van der Waals surface area contributed by atoms with Crippen molar-refractivity contribution in [3.8, 4) is 0 Å². The van der Waals surface area contributed by atoms with Crippen molar-refractivity contribution in [3.05, 3.63) is 55.1 Å². The molecule has 0 aliphatic heterocycles. The largest absolute Gasteiger partial charge is 0.464 e. The Bertz CT molecular complexity index is 605. The molecule has 0 bridgehead atoms. The van der Waals surface area contributed by atoms with Gasteiger partial charge >= 0.3 is 0 Å². The summed E-state index contributed by atoms with van der Waals surface area (Å²) in [4.78, 5) is 0. The van der Waals surface area contributed by atoms with Gasteiger partial charge in [0, 0.05) is 5.39 Å². The van der Waals surface area contributed by atoms with Gasteiger partial charge in [-0.15, -0.1) is 0 Å². The van der Waals surface area contributed by atoms with Crippen LogP contribution in [0.1, 0.15) is 5.56 Å². The zero-order chi connectivity index (χ0) is 9.54. The molecule has 1 aromatic heterocycles. The van der Waals surface area contributed by atoms with Gasteiger partial charge in [0.2, 0.25) is 0 Å². The third-order valence-electron chi connectivity index (χ3n) is 2.54. The maximum atomic E-state index is 5.39. The average Bonchev–Trinajstić information content (AvgIpc) is 2.61. The summed E-state index contributed by atoms with van der Waals surface area (Å²) in [6.45, 7) is 3.97. The summed E-state index contributed by atoms with van der Waals surface area (Å²) in [5.74, 6) is 0. The molecule has 3 aromatic rings. The third-order valence-corrected chi connectivity index (χ3v) is 2.54. The van der Waals surface area contributed by atoms with E-state index >= 15 is 0 Å². The van der Waals surface area contributed by atoms with Gasteiger partial charge in [0.15, 0.2) is 0 Å². The highest BCUT2D eigenvalue weighted by Crippen LogP contribution is 2.28. The van der Waals surface area contributed by atoms with E-state index in [1.54, 1.807) is 6.26 Å². The second kappa shape index (κ2) is 2.61. The van der Waals surface area contributed by atoms with Gasteiger partial charge in [-0.25, -0.2) is 0 Å². The number of benzene rings is 2. The van der Waals surface area contributed by atoms with E-state index in [1.807, 2.05) is 18.2 Å². The zero-order valence-corrected chi connectivity index (χ0v) is 7.66. The highest BCUT2D eigenvalue weighted by Gasteiger charge is 2.05. The van der Waals surface area contributed by atoms with Gasteiger partial charge in [0.25, 0.3) is 0 Å². The van der Waals surface area contributed by atoms with Gasteiger partial charge in [-0.1, -0.05) is 30.3 Å². The first-order valence-corrected chi connectivity index (χ1v) is 4.57. The molecule has 0 aliphatic rings. The molecule has 0 spiro atoms. The predicted octanol–water partition coefficient (Wildman–Crippen LogP) is 3.77. The molecule has 0 N–H and O–H groups in total. The molecule has 0 amide bonds. The van der Waals surface area contributed by atoms with Crippen LogP contribution in [0.15, 0.2) is 47.1 Å². The molecule has 1 heterocycles. The smallest absolute Gasteiger partial charge is 0.134 e. The van der Waals surface area contributed by atoms with Crippen LogP contribution in [-0.4, -0.2) is 0 Å². The molecular weight excluding hydrogens is 172 g/mol. The Labute approximate surface area is 82.0 Å². The fourth-order valence-electron chi connectivity index (χ4n) is 1.87. The fraction of sp³-hybridized carbons (Fsp3) is 0. The first-order valence-electron chi connectivity index (χ1n) is 4.57. The fourth-order valence-corrected chi connectivity index (χ4v) is 1.87. The number of rotatable bonds is 0. The van der Waals surface area contributed by atoms with Crippen molar-refractivity contribution in [1.82, 2.24) is 0 Å². The van der Waals surface area contributed by atoms with Crippen molar-refractivity contribution in [3.63, 3.8) is 0 Å². The van der Waals surface area contributed by atoms with E-state index in [4.69, 9.17) is 4.42 Å². The van der Waals surface area contributed by atoms with Crippen LogP contribution in [0.5, 0.6) is 0 Å². The zero-order valence-electron chi connectivity index (χ0n) is 7.66. The second-order valence-corrected chi connectivity index (χ2v) is 3.42. The Kier molecular flexibility index (Phi) is 1.42. The van der Waals surface area contributed by atoms with E-state index in [9.17, 15) is 0 Å². The van der Waals surface area contributed by atoms with E-state index in [2.05, 4.69) is 25.1 Å². The van der Waals surface area contributed by atoms with Crippen molar-refractivity contribution >= 4 is 21.7 Å².